The Morgan fingerprint density at radius 3 is 2.58 bits per heavy atom. The van der Waals surface area contributed by atoms with Crippen molar-refractivity contribution in [3.8, 4) is 16.9 Å². The van der Waals surface area contributed by atoms with Crippen LogP contribution in [0.1, 0.15) is 28.5 Å². The number of aryl methyl sites for hydroxylation is 3. The lowest BCUT2D eigenvalue weighted by Gasteiger charge is -2.16. The van der Waals surface area contributed by atoms with E-state index in [9.17, 15) is 4.79 Å². The molecule has 0 unspecified atom stereocenters. The second-order valence-corrected chi connectivity index (χ2v) is 7.35. The van der Waals surface area contributed by atoms with Crippen molar-refractivity contribution in [2.45, 2.75) is 33.7 Å². The van der Waals surface area contributed by atoms with Crippen LogP contribution in [0.25, 0.3) is 22.0 Å². The van der Waals surface area contributed by atoms with Crippen molar-refractivity contribution in [3.05, 3.63) is 52.9 Å². The lowest BCUT2D eigenvalue weighted by atomic mass is 9.98. The number of nitrogens with two attached hydrogens (primary N) is 1. The molecule has 160 valence electrons. The highest BCUT2D eigenvalue weighted by molar-refractivity contribution is 5.98. The third-order valence-electron chi connectivity index (χ3n) is 5.06. The number of ether oxygens (including phenoxy) is 1. The zero-order chi connectivity index (χ0) is 22.1. The molecule has 0 saturated carbocycles. The van der Waals surface area contributed by atoms with E-state index in [1.807, 2.05) is 39.0 Å². The van der Waals surface area contributed by atoms with Crippen molar-refractivity contribution in [1.82, 2.24) is 15.3 Å². The number of pyridine rings is 1. The van der Waals surface area contributed by atoms with Gasteiger partial charge in [-0.05, 0) is 32.9 Å². The summed E-state index contributed by atoms with van der Waals surface area (Å²) in [7, 11) is 1.61. The molecule has 0 spiro atoms. The number of methoxy groups -OCH3 is 1. The number of aromatic nitrogens is 3. The summed E-state index contributed by atoms with van der Waals surface area (Å²) < 4.78 is 16.2. The minimum absolute atomic E-state index is 0.0526. The molecule has 0 atom stereocenters. The largest absolute Gasteiger partial charge is 0.496 e. The highest BCUT2D eigenvalue weighted by atomic mass is 16.5. The molecule has 4 rings (SSSR count). The van der Waals surface area contributed by atoms with E-state index in [1.54, 1.807) is 13.3 Å². The summed E-state index contributed by atoms with van der Waals surface area (Å²) in [5.74, 6) is 1.61. The minimum atomic E-state index is -0.444. The van der Waals surface area contributed by atoms with Crippen molar-refractivity contribution >= 4 is 22.5 Å². The summed E-state index contributed by atoms with van der Waals surface area (Å²) in [6, 6.07) is 5.67. The summed E-state index contributed by atoms with van der Waals surface area (Å²) >= 11 is 0. The first-order chi connectivity index (χ1) is 14.9. The molecule has 4 aromatic rings. The van der Waals surface area contributed by atoms with Gasteiger partial charge < -0.3 is 24.8 Å². The number of primary amides is 1. The highest BCUT2D eigenvalue weighted by Crippen LogP contribution is 2.39. The van der Waals surface area contributed by atoms with Gasteiger partial charge in [0.2, 0.25) is 5.91 Å². The van der Waals surface area contributed by atoms with Crippen molar-refractivity contribution in [2.24, 2.45) is 5.73 Å². The number of fused-ring (bicyclic) bond motifs is 1. The van der Waals surface area contributed by atoms with Gasteiger partial charge in [-0.3, -0.25) is 9.78 Å². The van der Waals surface area contributed by atoms with E-state index >= 15 is 0 Å². The molecular formula is C22H23N5O4. The Hall–Kier alpha value is -3.88. The number of amides is 1. The number of rotatable bonds is 7. The average Bonchev–Trinajstić information content (AvgIpc) is 3.30. The number of hydrogen-bond acceptors (Lipinski definition) is 8. The SMILES string of the molecule is COc1cc2c(NCc3cc(C)on3)c(CC(N)=O)cnc2cc1-c1c(C)noc1C. The average molecular weight is 421 g/mol. The predicted molar refractivity (Wildman–Crippen MR) is 115 cm³/mol. The molecule has 0 aliphatic rings. The molecular weight excluding hydrogens is 398 g/mol. The minimum Gasteiger partial charge on any atom is -0.496 e. The fraction of sp³-hybridized carbons (Fsp3) is 0.273. The third-order valence-corrected chi connectivity index (χ3v) is 5.06. The number of carbonyl (C=O) groups excluding carboxylic acids is 1. The van der Waals surface area contributed by atoms with Crippen LogP contribution in [0.5, 0.6) is 5.75 Å². The molecule has 0 aliphatic carbocycles. The maximum absolute atomic E-state index is 11.6. The molecule has 31 heavy (non-hydrogen) atoms. The summed E-state index contributed by atoms with van der Waals surface area (Å²) in [6.07, 6.45) is 1.71. The van der Waals surface area contributed by atoms with Crippen LogP contribution >= 0.6 is 0 Å². The number of anilines is 1. The van der Waals surface area contributed by atoms with E-state index in [-0.39, 0.29) is 6.42 Å². The van der Waals surface area contributed by atoms with Gasteiger partial charge in [0.05, 0.1) is 36.8 Å². The van der Waals surface area contributed by atoms with Crippen molar-refractivity contribution in [2.75, 3.05) is 12.4 Å². The van der Waals surface area contributed by atoms with Gasteiger partial charge in [-0.2, -0.15) is 0 Å². The fourth-order valence-corrected chi connectivity index (χ4v) is 3.70. The number of benzene rings is 1. The van der Waals surface area contributed by atoms with Gasteiger partial charge >= 0.3 is 0 Å². The van der Waals surface area contributed by atoms with Crippen LogP contribution in [0.4, 0.5) is 5.69 Å². The second kappa shape index (κ2) is 8.10. The zero-order valence-corrected chi connectivity index (χ0v) is 17.8. The maximum Gasteiger partial charge on any atom is 0.221 e. The van der Waals surface area contributed by atoms with Gasteiger partial charge in [-0.15, -0.1) is 0 Å². The molecule has 1 aromatic carbocycles. The lowest BCUT2D eigenvalue weighted by molar-refractivity contribution is -0.117. The Morgan fingerprint density at radius 1 is 1.16 bits per heavy atom. The molecule has 1 amide bonds. The normalized spacial score (nSPS) is 11.1. The van der Waals surface area contributed by atoms with Gasteiger partial charge in [-0.1, -0.05) is 10.3 Å². The fourth-order valence-electron chi connectivity index (χ4n) is 3.70. The van der Waals surface area contributed by atoms with Crippen LogP contribution in [-0.4, -0.2) is 28.3 Å². The van der Waals surface area contributed by atoms with Crippen LogP contribution in [0.2, 0.25) is 0 Å². The maximum atomic E-state index is 11.6. The summed E-state index contributed by atoms with van der Waals surface area (Å²) in [5.41, 5.74) is 10.8. The highest BCUT2D eigenvalue weighted by Gasteiger charge is 2.20. The summed E-state index contributed by atoms with van der Waals surface area (Å²) in [6.45, 7) is 5.98. The number of carbonyl (C=O) groups is 1. The van der Waals surface area contributed by atoms with E-state index in [0.717, 1.165) is 44.9 Å². The number of nitrogens with zero attached hydrogens (tertiary/aromatic N) is 3. The Kier molecular flexibility index (Phi) is 5.33. The van der Waals surface area contributed by atoms with Crippen LogP contribution in [-0.2, 0) is 17.8 Å². The van der Waals surface area contributed by atoms with Gasteiger partial charge in [-0.25, -0.2) is 0 Å². The van der Waals surface area contributed by atoms with Crippen LogP contribution in [0.15, 0.2) is 33.4 Å². The summed E-state index contributed by atoms with van der Waals surface area (Å²) in [4.78, 5) is 16.2. The predicted octanol–water partition coefficient (Wildman–Crippen LogP) is 3.45. The molecule has 3 aromatic heterocycles. The smallest absolute Gasteiger partial charge is 0.221 e. The first-order valence-corrected chi connectivity index (χ1v) is 9.74. The topological polar surface area (TPSA) is 129 Å². The van der Waals surface area contributed by atoms with E-state index in [0.29, 0.717) is 23.6 Å². The molecule has 3 N–H and O–H groups in total. The number of nitrogens with one attached hydrogen (secondary N) is 1. The molecule has 0 radical (unpaired) electrons. The molecule has 9 nitrogen and oxygen atoms in total. The van der Waals surface area contributed by atoms with Crippen LogP contribution in [0, 0.1) is 20.8 Å². The van der Waals surface area contributed by atoms with E-state index in [1.165, 1.54) is 0 Å². The standard InChI is InChI=1S/C22H23N5O4/c1-11-5-15(27-30-11)10-25-22-14(6-20(23)28)9-24-18-7-17(19(29-4)8-16(18)22)21-12(2)26-31-13(21)3/h5,7-9H,6,10H2,1-4H3,(H2,23,28)(H,24,25). The molecule has 3 heterocycles. The molecule has 9 heteroatoms. The Bertz CT molecular complexity index is 1260. The van der Waals surface area contributed by atoms with Gasteiger partial charge in [0, 0.05) is 34.5 Å². The Balaban J connectivity index is 1.86. The lowest BCUT2D eigenvalue weighted by Crippen LogP contribution is -2.15. The van der Waals surface area contributed by atoms with Crippen LogP contribution in [0.3, 0.4) is 0 Å². The van der Waals surface area contributed by atoms with E-state index in [4.69, 9.17) is 19.5 Å². The van der Waals surface area contributed by atoms with Gasteiger partial charge in [0.15, 0.2) is 0 Å². The van der Waals surface area contributed by atoms with E-state index in [2.05, 4.69) is 20.6 Å². The van der Waals surface area contributed by atoms with Gasteiger partial charge in [0.1, 0.15) is 23.0 Å². The van der Waals surface area contributed by atoms with Crippen molar-refractivity contribution in [1.29, 1.82) is 0 Å². The first-order valence-electron chi connectivity index (χ1n) is 9.74. The molecule has 0 fully saturated rings. The zero-order valence-electron chi connectivity index (χ0n) is 17.8. The van der Waals surface area contributed by atoms with E-state index < -0.39 is 5.91 Å². The van der Waals surface area contributed by atoms with Gasteiger partial charge in [0.25, 0.3) is 0 Å². The molecule has 0 bridgehead atoms. The first kappa shape index (κ1) is 20.4. The summed E-state index contributed by atoms with van der Waals surface area (Å²) in [5, 5.41) is 12.2. The third kappa shape index (κ3) is 3.94. The second-order valence-electron chi connectivity index (χ2n) is 7.35. The van der Waals surface area contributed by atoms with Crippen LogP contribution < -0.4 is 15.8 Å². The molecule has 0 saturated heterocycles. The molecule has 0 aliphatic heterocycles. The number of hydrogen-bond donors (Lipinski definition) is 2. The van der Waals surface area contributed by atoms with Crippen molar-refractivity contribution in [3.63, 3.8) is 0 Å². The Morgan fingerprint density at radius 2 is 1.97 bits per heavy atom. The van der Waals surface area contributed by atoms with Crippen molar-refractivity contribution < 1.29 is 18.6 Å². The Labute approximate surface area is 178 Å². The monoisotopic (exact) mass is 421 g/mol. The quantitative estimate of drug-likeness (QED) is 0.464.